The third kappa shape index (κ3) is 6.63. The fraction of sp³-hybridized carbons (Fsp3) is 0.191. The first-order valence-electron chi connectivity index (χ1n) is 19.6. The average Bonchev–Trinajstić information content (AvgIpc) is 3.89. The van der Waals surface area contributed by atoms with Crippen molar-refractivity contribution in [2.24, 2.45) is 0 Å². The minimum absolute atomic E-state index is 0.0124. The lowest BCUT2D eigenvalue weighted by Crippen LogP contribution is -2.59. The number of H-pyrrole nitrogens is 1. The molecule has 10 rings (SSSR count). The van der Waals surface area contributed by atoms with Crippen LogP contribution in [0.15, 0.2) is 115 Å². The molecule has 0 aliphatic carbocycles. The Hall–Kier alpha value is -6.42. The van der Waals surface area contributed by atoms with Crippen molar-refractivity contribution in [2.75, 3.05) is 6.61 Å². The van der Waals surface area contributed by atoms with Crippen LogP contribution < -0.4 is 5.32 Å². The number of carbonyl (C=O) groups is 2. The molecule has 0 radical (unpaired) electrons. The van der Waals surface area contributed by atoms with Crippen LogP contribution in [0.2, 0.25) is 0 Å². The van der Waals surface area contributed by atoms with E-state index in [1.165, 1.54) is 4.57 Å². The molecule has 308 valence electrons. The predicted octanol–water partition coefficient (Wildman–Crippen LogP) is 8.51. The second-order valence-electron chi connectivity index (χ2n) is 15.1. The SMILES string of the molecule is O=C1NC(=O)c2c1c1c3cc(F)c(F)cc3[nH]c1c1c2c2cc(F)c(F)cc2n1[C@@H]1O[C@H](CO)[C@@H](OCc2ccccc2)[C@H](OCc2ccccc2)[C@H]1OCc1ccccc1. The summed E-state index contributed by atoms with van der Waals surface area (Å²) < 4.78 is 89.5. The van der Waals surface area contributed by atoms with Gasteiger partial charge in [-0.3, -0.25) is 14.9 Å². The first kappa shape index (κ1) is 38.8. The van der Waals surface area contributed by atoms with Crippen LogP contribution in [0, 0.1) is 23.3 Å². The molecule has 2 amide bonds. The van der Waals surface area contributed by atoms with Gasteiger partial charge in [-0.25, -0.2) is 17.6 Å². The van der Waals surface area contributed by atoms with Gasteiger partial charge < -0.3 is 33.6 Å². The van der Waals surface area contributed by atoms with Crippen molar-refractivity contribution in [2.45, 2.75) is 50.5 Å². The minimum Gasteiger partial charge on any atom is -0.394 e. The Bertz CT molecular complexity index is 3000. The molecule has 2 aliphatic heterocycles. The average molecular weight is 830 g/mol. The molecule has 6 aromatic carbocycles. The molecule has 0 saturated carbocycles. The fourth-order valence-electron chi connectivity index (χ4n) is 8.74. The van der Waals surface area contributed by atoms with Gasteiger partial charge in [0.1, 0.15) is 24.4 Å². The Morgan fingerprint density at radius 2 is 1.10 bits per heavy atom. The molecule has 10 nitrogen and oxygen atoms in total. The molecule has 3 N–H and O–H groups in total. The summed E-state index contributed by atoms with van der Waals surface area (Å²) in [4.78, 5) is 30.6. The number of hydrogen-bond donors (Lipinski definition) is 3. The topological polar surface area (TPSA) is 124 Å². The van der Waals surface area contributed by atoms with E-state index in [9.17, 15) is 23.5 Å². The highest BCUT2D eigenvalue weighted by molar-refractivity contribution is 6.39. The summed E-state index contributed by atoms with van der Waals surface area (Å²) in [6.07, 6.45) is -5.63. The van der Waals surface area contributed by atoms with Gasteiger partial charge >= 0.3 is 0 Å². The molecule has 0 bridgehead atoms. The molecule has 1 fully saturated rings. The Kier molecular flexibility index (Phi) is 9.89. The second kappa shape index (κ2) is 15.6. The summed E-state index contributed by atoms with van der Waals surface area (Å²) in [5.74, 6) is -6.49. The third-order valence-corrected chi connectivity index (χ3v) is 11.5. The van der Waals surface area contributed by atoms with Crippen molar-refractivity contribution in [3.8, 4) is 0 Å². The molecule has 14 heteroatoms. The molecule has 1 saturated heterocycles. The zero-order valence-electron chi connectivity index (χ0n) is 32.0. The lowest BCUT2D eigenvalue weighted by atomic mass is 9.95. The maximum atomic E-state index is 15.7. The highest BCUT2D eigenvalue weighted by atomic mass is 19.2. The van der Waals surface area contributed by atoms with Gasteiger partial charge in [0.2, 0.25) is 0 Å². The first-order valence-corrected chi connectivity index (χ1v) is 19.6. The number of aliphatic hydroxyl groups excluding tert-OH is 1. The summed E-state index contributed by atoms with van der Waals surface area (Å²) in [5.41, 5.74) is 2.42. The number of aromatic nitrogens is 2. The number of amides is 2. The number of rotatable bonds is 11. The Balaban J connectivity index is 1.25. The molecule has 4 heterocycles. The van der Waals surface area contributed by atoms with Crippen molar-refractivity contribution in [1.29, 1.82) is 0 Å². The quantitative estimate of drug-likeness (QED) is 0.0883. The van der Waals surface area contributed by atoms with Crippen LogP contribution in [0.3, 0.4) is 0 Å². The van der Waals surface area contributed by atoms with Crippen LogP contribution in [0.1, 0.15) is 43.6 Å². The second-order valence-corrected chi connectivity index (χ2v) is 15.1. The number of fused-ring (bicyclic) bond motifs is 10. The first-order chi connectivity index (χ1) is 29.7. The summed E-state index contributed by atoms with van der Waals surface area (Å²) >= 11 is 0. The van der Waals surface area contributed by atoms with Gasteiger partial charge in [-0.05, 0) is 28.8 Å². The number of nitrogens with one attached hydrogen (secondary N) is 2. The Labute approximate surface area is 344 Å². The van der Waals surface area contributed by atoms with Crippen molar-refractivity contribution < 1.29 is 51.2 Å². The molecule has 0 spiro atoms. The molecule has 8 aromatic rings. The van der Waals surface area contributed by atoms with Crippen molar-refractivity contribution in [1.82, 2.24) is 14.9 Å². The molecule has 61 heavy (non-hydrogen) atoms. The maximum Gasteiger partial charge on any atom is 0.259 e. The Morgan fingerprint density at radius 3 is 1.67 bits per heavy atom. The number of carbonyl (C=O) groups excluding carboxylic acids is 2. The zero-order valence-corrected chi connectivity index (χ0v) is 32.0. The summed E-state index contributed by atoms with van der Waals surface area (Å²) in [6, 6.07) is 31.8. The summed E-state index contributed by atoms with van der Waals surface area (Å²) in [5, 5.41) is 13.6. The van der Waals surface area contributed by atoms with E-state index in [2.05, 4.69) is 10.3 Å². The largest absolute Gasteiger partial charge is 0.394 e. The number of ether oxygens (including phenoxy) is 4. The van der Waals surface area contributed by atoms with E-state index in [1.54, 1.807) is 0 Å². The van der Waals surface area contributed by atoms with E-state index in [4.69, 9.17) is 18.9 Å². The number of benzene rings is 6. The van der Waals surface area contributed by atoms with E-state index < -0.39 is 72.3 Å². The van der Waals surface area contributed by atoms with Gasteiger partial charge in [-0.15, -0.1) is 0 Å². The van der Waals surface area contributed by atoms with Gasteiger partial charge in [0.25, 0.3) is 11.8 Å². The summed E-state index contributed by atoms with van der Waals surface area (Å²) in [6.45, 7) is -0.401. The Morgan fingerprint density at radius 1 is 0.607 bits per heavy atom. The summed E-state index contributed by atoms with van der Waals surface area (Å²) in [7, 11) is 0. The van der Waals surface area contributed by atoms with E-state index >= 15 is 8.78 Å². The van der Waals surface area contributed by atoms with Crippen molar-refractivity contribution in [3.63, 3.8) is 0 Å². The van der Waals surface area contributed by atoms with Crippen LogP contribution in [0.25, 0.3) is 43.6 Å². The van der Waals surface area contributed by atoms with E-state index in [-0.39, 0.29) is 74.6 Å². The number of aliphatic hydroxyl groups is 1. The standard InChI is InChI=1S/C47H35F4N3O7/c48-29-16-27-33(18-31(29)50)52-40-36(27)38-39(46(57)53-45(38)56)37-28-17-30(49)32(51)19-34(28)54(41(37)40)47-44(60-23-26-14-8-3-9-15-26)43(59-22-25-12-6-2-7-13-25)42(35(20-55)61-47)58-21-24-10-4-1-5-11-24/h1-19,35,42-44,47,52,55H,20-23H2,(H,53,56,57)/t35-,42-,43+,44-,47-/m1/s1. The number of aromatic amines is 1. The smallest absolute Gasteiger partial charge is 0.259 e. The number of imide groups is 1. The minimum atomic E-state index is -1.36. The van der Waals surface area contributed by atoms with Gasteiger partial charge in [0.05, 0.1) is 54.1 Å². The van der Waals surface area contributed by atoms with E-state index in [0.717, 1.165) is 41.0 Å². The zero-order chi connectivity index (χ0) is 41.9. The molecule has 0 unspecified atom stereocenters. The number of nitrogens with zero attached hydrogens (tertiary/aromatic N) is 1. The van der Waals surface area contributed by atoms with E-state index in [1.807, 2.05) is 91.0 Å². The highest BCUT2D eigenvalue weighted by Gasteiger charge is 2.50. The monoisotopic (exact) mass is 829 g/mol. The van der Waals surface area contributed by atoms with Crippen LogP contribution >= 0.6 is 0 Å². The number of halogens is 4. The number of hydrogen-bond acceptors (Lipinski definition) is 7. The highest BCUT2D eigenvalue weighted by Crippen LogP contribution is 2.48. The van der Waals surface area contributed by atoms with Gasteiger partial charge in [-0.1, -0.05) is 91.0 Å². The van der Waals surface area contributed by atoms with Crippen LogP contribution in [0.5, 0.6) is 0 Å². The molecule has 2 aliphatic rings. The molecular weight excluding hydrogens is 795 g/mol. The third-order valence-electron chi connectivity index (χ3n) is 11.5. The molecular formula is C47H35F4N3O7. The maximum absolute atomic E-state index is 15.7. The van der Waals surface area contributed by atoms with Crippen molar-refractivity contribution >= 4 is 55.4 Å². The van der Waals surface area contributed by atoms with E-state index in [0.29, 0.717) is 0 Å². The van der Waals surface area contributed by atoms with Gasteiger partial charge in [0.15, 0.2) is 29.5 Å². The van der Waals surface area contributed by atoms with Crippen LogP contribution in [0.4, 0.5) is 17.6 Å². The van der Waals surface area contributed by atoms with Crippen LogP contribution in [-0.2, 0) is 38.8 Å². The normalized spacial score (nSPS) is 20.3. The van der Waals surface area contributed by atoms with Gasteiger partial charge in [-0.2, -0.15) is 0 Å². The molecule has 2 aromatic heterocycles. The van der Waals surface area contributed by atoms with Crippen LogP contribution in [-0.4, -0.2) is 57.5 Å². The van der Waals surface area contributed by atoms with Gasteiger partial charge in [0, 0.05) is 39.2 Å². The molecule has 5 atom stereocenters. The lowest BCUT2D eigenvalue weighted by molar-refractivity contribution is -0.286. The lowest BCUT2D eigenvalue weighted by Gasteiger charge is -2.46. The van der Waals surface area contributed by atoms with Crippen molar-refractivity contribution in [3.05, 3.63) is 166 Å². The predicted molar refractivity (Wildman–Crippen MR) is 216 cm³/mol. The fourth-order valence-corrected chi connectivity index (χ4v) is 8.74.